The van der Waals surface area contributed by atoms with Crippen molar-refractivity contribution in [2.24, 2.45) is 5.41 Å². The van der Waals surface area contributed by atoms with Gasteiger partial charge in [-0.1, -0.05) is 65.0 Å². The highest BCUT2D eigenvalue weighted by Gasteiger charge is 2.31. The third-order valence-electron chi connectivity index (χ3n) is 7.16. The van der Waals surface area contributed by atoms with Gasteiger partial charge in [0.15, 0.2) is 0 Å². The van der Waals surface area contributed by atoms with Crippen LogP contribution in [0, 0.1) is 19.3 Å². The number of aryl methyl sites for hydroxylation is 3. The van der Waals surface area contributed by atoms with Crippen LogP contribution in [0.2, 0.25) is 0 Å². The largest absolute Gasteiger partial charge is 0.491 e. The average Bonchev–Trinajstić information content (AvgIpc) is 2.78. The Balaban J connectivity index is 2.31. The van der Waals surface area contributed by atoms with E-state index >= 15 is 0 Å². The van der Waals surface area contributed by atoms with E-state index in [9.17, 15) is 10.2 Å². The van der Waals surface area contributed by atoms with Crippen LogP contribution in [-0.4, -0.2) is 40.7 Å². The molecule has 2 rings (SSSR count). The smallest absolute Gasteiger partial charge is 0.122 e. The molecule has 0 unspecified atom stereocenters. The molecule has 0 heterocycles. The van der Waals surface area contributed by atoms with Gasteiger partial charge in [0.05, 0.1) is 12.7 Å². The van der Waals surface area contributed by atoms with E-state index < -0.39 is 6.10 Å². The van der Waals surface area contributed by atoms with Crippen LogP contribution in [0.5, 0.6) is 5.75 Å². The van der Waals surface area contributed by atoms with Gasteiger partial charge in [-0.05, 0) is 78.8 Å². The van der Waals surface area contributed by atoms with Crippen molar-refractivity contribution >= 4 is 0 Å². The summed E-state index contributed by atoms with van der Waals surface area (Å²) in [6.45, 7) is 14.7. The molecule has 2 aromatic carbocycles. The van der Waals surface area contributed by atoms with E-state index in [4.69, 9.17) is 9.84 Å². The molecule has 0 aliphatic heterocycles. The standard InChI is InChI=1S/C29H44O4/c1-8-29(9-2,24-13-14-26(21(4)17-24)33-19-25(31)18-30)23-12-10-22(20(3)16-23)11-15-27(32)28(5,6)7/h10,12-14,16-17,25,27,30-32H,8-9,11,15,18-19H2,1-7H3/t25-,27+/m0/s1. The lowest BCUT2D eigenvalue weighted by atomic mass is 9.69. The maximum Gasteiger partial charge on any atom is 0.122 e. The summed E-state index contributed by atoms with van der Waals surface area (Å²) >= 11 is 0. The molecular formula is C29H44O4. The first-order chi connectivity index (χ1) is 15.5. The molecule has 0 saturated carbocycles. The molecule has 0 saturated heterocycles. The normalized spacial score (nSPS) is 14.2. The summed E-state index contributed by atoms with van der Waals surface area (Å²) in [5, 5.41) is 29.0. The van der Waals surface area contributed by atoms with E-state index in [0.717, 1.165) is 37.0 Å². The van der Waals surface area contributed by atoms with Gasteiger partial charge in [0.1, 0.15) is 18.5 Å². The third-order valence-corrected chi connectivity index (χ3v) is 7.16. The highest BCUT2D eigenvalue weighted by Crippen LogP contribution is 2.41. The Hall–Kier alpha value is -1.88. The monoisotopic (exact) mass is 456 g/mol. The van der Waals surface area contributed by atoms with Gasteiger partial charge in [-0.15, -0.1) is 0 Å². The van der Waals surface area contributed by atoms with Gasteiger partial charge in [0, 0.05) is 5.41 Å². The number of ether oxygens (including phenoxy) is 1. The lowest BCUT2D eigenvalue weighted by Crippen LogP contribution is -2.27. The fraction of sp³-hybridized carbons (Fsp3) is 0.586. The topological polar surface area (TPSA) is 69.9 Å². The third kappa shape index (κ3) is 6.59. The Labute approximate surface area is 200 Å². The average molecular weight is 457 g/mol. The van der Waals surface area contributed by atoms with Crippen LogP contribution in [0.15, 0.2) is 36.4 Å². The fourth-order valence-corrected chi connectivity index (χ4v) is 4.58. The number of benzene rings is 2. The summed E-state index contributed by atoms with van der Waals surface area (Å²) < 4.78 is 5.70. The molecular weight excluding hydrogens is 412 g/mol. The highest BCUT2D eigenvalue weighted by atomic mass is 16.5. The summed E-state index contributed by atoms with van der Waals surface area (Å²) in [4.78, 5) is 0. The minimum Gasteiger partial charge on any atom is -0.491 e. The predicted octanol–water partition coefficient (Wildman–Crippen LogP) is 5.48. The molecule has 4 nitrogen and oxygen atoms in total. The van der Waals surface area contributed by atoms with Gasteiger partial charge in [0.2, 0.25) is 0 Å². The maximum atomic E-state index is 10.4. The van der Waals surface area contributed by atoms with E-state index in [1.54, 1.807) is 0 Å². The van der Waals surface area contributed by atoms with Gasteiger partial charge in [-0.3, -0.25) is 0 Å². The molecule has 0 aromatic heterocycles. The lowest BCUT2D eigenvalue weighted by Gasteiger charge is -2.34. The van der Waals surface area contributed by atoms with Crippen LogP contribution in [0.3, 0.4) is 0 Å². The molecule has 0 fully saturated rings. The molecule has 3 N–H and O–H groups in total. The van der Waals surface area contributed by atoms with E-state index in [1.807, 2.05) is 13.0 Å². The molecule has 33 heavy (non-hydrogen) atoms. The molecule has 2 atom stereocenters. The number of rotatable bonds is 11. The molecule has 2 aromatic rings. The van der Waals surface area contributed by atoms with Crippen LogP contribution in [0.4, 0.5) is 0 Å². The van der Waals surface area contributed by atoms with Crippen molar-refractivity contribution in [3.63, 3.8) is 0 Å². The van der Waals surface area contributed by atoms with Gasteiger partial charge >= 0.3 is 0 Å². The second-order valence-corrected chi connectivity index (χ2v) is 10.5. The van der Waals surface area contributed by atoms with Crippen LogP contribution >= 0.6 is 0 Å². The van der Waals surface area contributed by atoms with Gasteiger partial charge in [-0.2, -0.15) is 0 Å². The van der Waals surface area contributed by atoms with Crippen LogP contribution < -0.4 is 4.74 Å². The summed E-state index contributed by atoms with van der Waals surface area (Å²) in [5.41, 5.74) is 5.97. The van der Waals surface area contributed by atoms with Crippen molar-refractivity contribution in [2.75, 3.05) is 13.2 Å². The van der Waals surface area contributed by atoms with E-state index in [-0.39, 0.29) is 30.1 Å². The summed E-state index contributed by atoms with van der Waals surface area (Å²) in [6, 6.07) is 13.1. The van der Waals surface area contributed by atoms with Crippen LogP contribution in [0.25, 0.3) is 0 Å². The lowest BCUT2D eigenvalue weighted by molar-refractivity contribution is 0.0534. The minimum atomic E-state index is -0.875. The molecule has 0 spiro atoms. The molecule has 0 amide bonds. The van der Waals surface area contributed by atoms with Gasteiger partial charge in [0.25, 0.3) is 0 Å². The summed E-state index contributed by atoms with van der Waals surface area (Å²) in [6.07, 6.45) is 2.41. The zero-order valence-corrected chi connectivity index (χ0v) is 21.6. The first-order valence-electron chi connectivity index (χ1n) is 12.3. The van der Waals surface area contributed by atoms with E-state index in [1.165, 1.54) is 22.3 Å². The van der Waals surface area contributed by atoms with Crippen molar-refractivity contribution in [1.29, 1.82) is 0 Å². The van der Waals surface area contributed by atoms with Crippen LogP contribution in [-0.2, 0) is 11.8 Å². The first-order valence-corrected chi connectivity index (χ1v) is 12.3. The Bertz CT molecular complexity index is 893. The molecule has 0 bridgehead atoms. The van der Waals surface area contributed by atoms with E-state index in [2.05, 4.69) is 71.9 Å². The SMILES string of the molecule is CCC(CC)(c1ccc(CC[C@@H](O)C(C)(C)C)c(C)c1)c1ccc(OC[C@@H](O)CO)c(C)c1. The Kier molecular flexibility index (Phi) is 9.54. The predicted molar refractivity (Wildman–Crippen MR) is 136 cm³/mol. The van der Waals surface area contributed by atoms with Crippen molar-refractivity contribution in [3.05, 3.63) is 64.2 Å². The summed E-state index contributed by atoms with van der Waals surface area (Å²) in [5.74, 6) is 0.733. The first kappa shape index (κ1) is 27.4. The van der Waals surface area contributed by atoms with Crippen LogP contribution in [0.1, 0.15) is 81.7 Å². The number of hydrogen-bond acceptors (Lipinski definition) is 4. The number of aliphatic hydroxyl groups is 3. The Morgan fingerprint density at radius 2 is 1.45 bits per heavy atom. The number of aliphatic hydroxyl groups excluding tert-OH is 3. The second kappa shape index (κ2) is 11.5. The fourth-order valence-electron chi connectivity index (χ4n) is 4.58. The van der Waals surface area contributed by atoms with Crippen molar-refractivity contribution in [3.8, 4) is 5.75 Å². The minimum absolute atomic E-state index is 0.0773. The zero-order chi connectivity index (χ0) is 24.8. The van der Waals surface area contributed by atoms with Crippen molar-refractivity contribution in [2.45, 2.75) is 91.8 Å². The van der Waals surface area contributed by atoms with Gasteiger partial charge in [-0.25, -0.2) is 0 Å². The maximum absolute atomic E-state index is 10.4. The quantitative estimate of drug-likeness (QED) is 0.419. The molecule has 0 aliphatic rings. The van der Waals surface area contributed by atoms with E-state index in [0.29, 0.717) is 0 Å². The van der Waals surface area contributed by atoms with Crippen molar-refractivity contribution in [1.82, 2.24) is 0 Å². The highest BCUT2D eigenvalue weighted by molar-refractivity contribution is 5.47. The zero-order valence-electron chi connectivity index (χ0n) is 21.6. The summed E-state index contributed by atoms with van der Waals surface area (Å²) in [7, 11) is 0. The molecule has 184 valence electrons. The Morgan fingerprint density at radius 1 is 0.879 bits per heavy atom. The van der Waals surface area contributed by atoms with Crippen molar-refractivity contribution < 1.29 is 20.1 Å². The Morgan fingerprint density at radius 3 is 1.94 bits per heavy atom. The molecule has 0 radical (unpaired) electrons. The molecule has 4 heteroatoms. The number of hydrogen-bond donors (Lipinski definition) is 3. The van der Waals surface area contributed by atoms with Gasteiger partial charge < -0.3 is 20.1 Å². The second-order valence-electron chi connectivity index (χ2n) is 10.5. The molecule has 0 aliphatic carbocycles.